The Morgan fingerprint density at radius 1 is 1.05 bits per heavy atom. The molecule has 2 aromatic rings. The Labute approximate surface area is 122 Å². The first kappa shape index (κ1) is 13.4. The second-order valence-corrected chi connectivity index (χ2v) is 4.97. The zero-order valence-electron chi connectivity index (χ0n) is 11.7. The first-order valence-corrected chi connectivity index (χ1v) is 7.03. The van der Waals surface area contributed by atoms with Gasteiger partial charge in [-0.05, 0) is 30.0 Å². The summed E-state index contributed by atoms with van der Waals surface area (Å²) in [5.41, 5.74) is 1.70. The third kappa shape index (κ3) is 2.30. The standard InChI is InChI=1S/C18H14O3/c1-2-3-4-5-7-12-10-11-15-16-13(12)8-6-9-14(16)17(19)21-18(15)20/h6,8-11H,2-4H2,1H3. The second-order valence-electron chi connectivity index (χ2n) is 4.97. The van der Waals surface area contributed by atoms with Crippen LogP contribution in [0.15, 0.2) is 30.3 Å². The molecular weight excluding hydrogens is 264 g/mol. The van der Waals surface area contributed by atoms with Crippen molar-refractivity contribution >= 4 is 22.7 Å². The minimum atomic E-state index is -0.589. The first-order chi connectivity index (χ1) is 10.2. The van der Waals surface area contributed by atoms with E-state index >= 15 is 0 Å². The van der Waals surface area contributed by atoms with Crippen molar-refractivity contribution in [1.82, 2.24) is 0 Å². The molecule has 0 aliphatic carbocycles. The van der Waals surface area contributed by atoms with Crippen LogP contribution in [-0.4, -0.2) is 11.9 Å². The summed E-state index contributed by atoms with van der Waals surface area (Å²) in [6.45, 7) is 2.13. The molecule has 2 aromatic carbocycles. The van der Waals surface area contributed by atoms with Gasteiger partial charge in [-0.15, -0.1) is 0 Å². The number of cyclic esters (lactones) is 2. The molecule has 1 aliphatic rings. The molecule has 0 amide bonds. The van der Waals surface area contributed by atoms with E-state index in [1.807, 2.05) is 12.1 Å². The number of unbranched alkanes of at least 4 members (excludes halogenated alkanes) is 2. The maximum Gasteiger partial charge on any atom is 0.346 e. The normalized spacial score (nSPS) is 12.8. The highest BCUT2D eigenvalue weighted by atomic mass is 16.6. The molecule has 0 saturated carbocycles. The predicted molar refractivity (Wildman–Crippen MR) is 80.1 cm³/mol. The highest BCUT2D eigenvalue weighted by Crippen LogP contribution is 2.30. The van der Waals surface area contributed by atoms with Crippen molar-refractivity contribution in [2.45, 2.75) is 26.2 Å². The fraction of sp³-hybridized carbons (Fsp3) is 0.222. The highest BCUT2D eigenvalue weighted by Gasteiger charge is 2.27. The molecule has 0 N–H and O–H groups in total. The maximum absolute atomic E-state index is 11.8. The van der Waals surface area contributed by atoms with Crippen LogP contribution in [-0.2, 0) is 4.74 Å². The summed E-state index contributed by atoms with van der Waals surface area (Å²) in [5, 5.41) is 1.49. The SMILES string of the molecule is CCCCC#Cc1ccc2c3c(cccc13)C(=O)OC2=O. The smallest absolute Gasteiger partial charge is 0.346 e. The van der Waals surface area contributed by atoms with E-state index in [9.17, 15) is 9.59 Å². The van der Waals surface area contributed by atoms with E-state index in [1.165, 1.54) is 0 Å². The summed E-state index contributed by atoms with van der Waals surface area (Å²) in [6.07, 6.45) is 3.03. The monoisotopic (exact) mass is 278 g/mol. The van der Waals surface area contributed by atoms with E-state index < -0.39 is 11.9 Å². The summed E-state index contributed by atoms with van der Waals surface area (Å²) in [5.74, 6) is 5.10. The molecule has 0 unspecified atom stereocenters. The quantitative estimate of drug-likeness (QED) is 0.364. The van der Waals surface area contributed by atoms with Gasteiger partial charge < -0.3 is 4.74 Å². The molecule has 3 rings (SSSR count). The summed E-state index contributed by atoms with van der Waals surface area (Å²) < 4.78 is 4.74. The van der Waals surface area contributed by atoms with Gasteiger partial charge >= 0.3 is 11.9 Å². The number of esters is 2. The molecule has 21 heavy (non-hydrogen) atoms. The highest BCUT2D eigenvalue weighted by molar-refractivity contribution is 6.21. The van der Waals surface area contributed by atoms with Gasteiger partial charge in [-0.25, -0.2) is 9.59 Å². The summed E-state index contributed by atoms with van der Waals surface area (Å²) in [4.78, 5) is 23.6. The molecule has 0 aromatic heterocycles. The van der Waals surface area contributed by atoms with Crippen LogP contribution >= 0.6 is 0 Å². The summed E-state index contributed by atoms with van der Waals surface area (Å²) in [6, 6.07) is 8.85. The Bertz CT molecular complexity index is 786. The van der Waals surface area contributed by atoms with Crippen LogP contribution in [0, 0.1) is 11.8 Å². The average Bonchev–Trinajstić information content (AvgIpc) is 2.49. The Morgan fingerprint density at radius 2 is 1.81 bits per heavy atom. The van der Waals surface area contributed by atoms with E-state index in [4.69, 9.17) is 4.74 Å². The zero-order valence-corrected chi connectivity index (χ0v) is 11.7. The van der Waals surface area contributed by atoms with Gasteiger partial charge in [0, 0.05) is 17.4 Å². The van der Waals surface area contributed by atoms with Crippen LogP contribution in [0.2, 0.25) is 0 Å². The van der Waals surface area contributed by atoms with Crippen molar-refractivity contribution in [3.8, 4) is 11.8 Å². The lowest BCUT2D eigenvalue weighted by molar-refractivity contribution is 0.0391. The van der Waals surface area contributed by atoms with Crippen molar-refractivity contribution in [3.63, 3.8) is 0 Å². The number of carbonyl (C=O) groups is 2. The fourth-order valence-corrected chi connectivity index (χ4v) is 2.47. The lowest BCUT2D eigenvalue weighted by atomic mass is 9.94. The molecule has 0 bridgehead atoms. The van der Waals surface area contributed by atoms with Crippen molar-refractivity contribution in [2.24, 2.45) is 0 Å². The van der Waals surface area contributed by atoms with Crippen LogP contribution in [0.3, 0.4) is 0 Å². The van der Waals surface area contributed by atoms with Crippen LogP contribution in [0.25, 0.3) is 10.8 Å². The van der Waals surface area contributed by atoms with Crippen molar-refractivity contribution in [3.05, 3.63) is 47.0 Å². The number of rotatable bonds is 2. The maximum atomic E-state index is 11.8. The Balaban J connectivity index is 2.18. The van der Waals surface area contributed by atoms with Gasteiger partial charge in [0.25, 0.3) is 0 Å². The lowest BCUT2D eigenvalue weighted by Crippen LogP contribution is -2.19. The van der Waals surface area contributed by atoms with E-state index in [-0.39, 0.29) is 0 Å². The number of carbonyl (C=O) groups excluding carboxylic acids is 2. The molecule has 3 nitrogen and oxygen atoms in total. The van der Waals surface area contributed by atoms with E-state index in [0.717, 1.165) is 30.2 Å². The number of benzene rings is 2. The fourth-order valence-electron chi connectivity index (χ4n) is 2.47. The molecule has 1 aliphatic heterocycles. The van der Waals surface area contributed by atoms with Crippen molar-refractivity contribution < 1.29 is 14.3 Å². The molecule has 3 heteroatoms. The molecule has 0 atom stereocenters. The van der Waals surface area contributed by atoms with E-state index in [1.54, 1.807) is 18.2 Å². The molecule has 0 spiro atoms. The van der Waals surface area contributed by atoms with Gasteiger partial charge in [-0.3, -0.25) is 0 Å². The zero-order chi connectivity index (χ0) is 14.8. The Hall–Kier alpha value is -2.60. The molecule has 0 saturated heterocycles. The predicted octanol–water partition coefficient (Wildman–Crippen LogP) is 3.69. The van der Waals surface area contributed by atoms with Gasteiger partial charge in [0.05, 0.1) is 11.1 Å². The van der Waals surface area contributed by atoms with Gasteiger partial charge in [0.2, 0.25) is 0 Å². The van der Waals surface area contributed by atoms with Gasteiger partial charge in [-0.1, -0.05) is 37.3 Å². The van der Waals surface area contributed by atoms with Crippen molar-refractivity contribution in [1.29, 1.82) is 0 Å². The third-order valence-corrected chi connectivity index (χ3v) is 3.54. The topological polar surface area (TPSA) is 43.4 Å². The van der Waals surface area contributed by atoms with Gasteiger partial charge in [0.1, 0.15) is 0 Å². The minimum absolute atomic E-state index is 0.430. The average molecular weight is 278 g/mol. The van der Waals surface area contributed by atoms with E-state index in [2.05, 4.69) is 18.8 Å². The Morgan fingerprint density at radius 3 is 2.57 bits per heavy atom. The van der Waals surface area contributed by atoms with Crippen LogP contribution in [0.4, 0.5) is 0 Å². The van der Waals surface area contributed by atoms with Crippen molar-refractivity contribution in [2.75, 3.05) is 0 Å². The third-order valence-electron chi connectivity index (χ3n) is 3.54. The van der Waals surface area contributed by atoms with Crippen LogP contribution in [0.5, 0.6) is 0 Å². The van der Waals surface area contributed by atoms with Crippen LogP contribution in [0.1, 0.15) is 52.5 Å². The number of ether oxygens (including phenoxy) is 1. The van der Waals surface area contributed by atoms with Crippen LogP contribution < -0.4 is 0 Å². The molecular formula is C18H14O3. The number of hydrogen-bond donors (Lipinski definition) is 0. The Kier molecular flexibility index (Phi) is 3.45. The lowest BCUT2D eigenvalue weighted by Gasteiger charge is -2.15. The number of hydrogen-bond acceptors (Lipinski definition) is 3. The second kappa shape index (κ2) is 5.41. The van der Waals surface area contributed by atoms with E-state index in [0.29, 0.717) is 16.5 Å². The first-order valence-electron chi connectivity index (χ1n) is 7.03. The summed E-state index contributed by atoms with van der Waals surface area (Å²) in [7, 11) is 0. The molecule has 104 valence electrons. The molecule has 1 heterocycles. The van der Waals surface area contributed by atoms with Gasteiger partial charge in [0.15, 0.2) is 0 Å². The summed E-state index contributed by atoms with van der Waals surface area (Å²) >= 11 is 0. The minimum Gasteiger partial charge on any atom is -0.386 e. The molecule has 0 fully saturated rings. The largest absolute Gasteiger partial charge is 0.386 e. The molecule has 0 radical (unpaired) electrons. The van der Waals surface area contributed by atoms with Gasteiger partial charge in [-0.2, -0.15) is 0 Å².